The van der Waals surface area contributed by atoms with Gasteiger partial charge in [0.25, 0.3) is 0 Å². The van der Waals surface area contributed by atoms with Crippen LogP contribution in [0.4, 0.5) is 0 Å². The van der Waals surface area contributed by atoms with Crippen LogP contribution in [-0.4, -0.2) is 25.2 Å². The Balaban J connectivity index is 3.29. The maximum atomic E-state index is 11.0. The molecule has 0 aromatic heterocycles. The van der Waals surface area contributed by atoms with Crippen LogP contribution >= 0.6 is 0 Å². The fraction of sp³-hybridized carbons (Fsp3) is 0.636. The van der Waals surface area contributed by atoms with Gasteiger partial charge in [-0.3, -0.25) is 4.79 Å². The van der Waals surface area contributed by atoms with Crippen molar-refractivity contribution in [3.8, 4) is 0 Å². The van der Waals surface area contributed by atoms with Gasteiger partial charge < -0.3 is 9.47 Å². The molecule has 0 heterocycles. The first-order valence-corrected chi connectivity index (χ1v) is 5.03. The van der Waals surface area contributed by atoms with Crippen LogP contribution in [0.25, 0.3) is 0 Å². The van der Waals surface area contributed by atoms with Gasteiger partial charge in [0.1, 0.15) is 0 Å². The molecule has 0 aromatic rings. The molecular weight excluding hydrogens is 196 g/mol. The zero-order valence-electron chi connectivity index (χ0n) is 9.32. The minimum atomic E-state index is -0.422. The lowest BCUT2D eigenvalue weighted by Crippen LogP contribution is -2.12. The number of hydrogen-bond acceptors (Lipinski definition) is 4. The zero-order chi connectivity index (χ0) is 11.7. The van der Waals surface area contributed by atoms with Crippen LogP contribution in [0.15, 0.2) is 12.7 Å². The third kappa shape index (κ3) is 7.73. The lowest BCUT2D eigenvalue weighted by atomic mass is 10.2. The average molecular weight is 214 g/mol. The summed E-state index contributed by atoms with van der Waals surface area (Å²) >= 11 is 0. The lowest BCUT2D eigenvalue weighted by Gasteiger charge is -2.06. The molecule has 0 bridgehead atoms. The normalized spacial score (nSPS) is 9.80. The molecule has 0 unspecified atom stereocenters. The predicted octanol–water partition coefficient (Wildman–Crippen LogP) is 1.69. The first-order valence-electron chi connectivity index (χ1n) is 5.03. The van der Waals surface area contributed by atoms with Gasteiger partial charge in [0.2, 0.25) is 0 Å². The van der Waals surface area contributed by atoms with Crippen LogP contribution in [0, 0.1) is 5.92 Å². The van der Waals surface area contributed by atoms with E-state index in [1.165, 1.54) is 0 Å². The van der Waals surface area contributed by atoms with E-state index >= 15 is 0 Å². The van der Waals surface area contributed by atoms with Gasteiger partial charge in [-0.1, -0.05) is 20.4 Å². The first kappa shape index (κ1) is 13.7. The molecule has 0 radical (unpaired) electrons. The van der Waals surface area contributed by atoms with Crippen LogP contribution in [0.1, 0.15) is 26.7 Å². The third-order valence-electron chi connectivity index (χ3n) is 1.67. The maximum absolute atomic E-state index is 11.0. The fourth-order valence-corrected chi connectivity index (χ4v) is 0.775. The van der Waals surface area contributed by atoms with Crippen molar-refractivity contribution >= 4 is 11.9 Å². The number of rotatable bonds is 7. The van der Waals surface area contributed by atoms with Crippen molar-refractivity contribution in [2.24, 2.45) is 5.92 Å². The Kier molecular flexibility index (Phi) is 7.32. The fourth-order valence-electron chi connectivity index (χ4n) is 0.775. The standard InChI is InChI=1S/C11H18O4/c1-4-10(12)14-7-5-6-8-15-11(13)9(2)3/h4,9H,1,5-8H2,2-3H3. The molecule has 0 amide bonds. The highest BCUT2D eigenvalue weighted by atomic mass is 16.5. The van der Waals surface area contributed by atoms with E-state index in [0.29, 0.717) is 26.1 Å². The van der Waals surface area contributed by atoms with E-state index in [2.05, 4.69) is 6.58 Å². The summed E-state index contributed by atoms with van der Waals surface area (Å²) in [6.07, 6.45) is 2.51. The van der Waals surface area contributed by atoms with E-state index in [9.17, 15) is 9.59 Å². The Morgan fingerprint density at radius 2 is 1.73 bits per heavy atom. The molecule has 0 aliphatic heterocycles. The van der Waals surface area contributed by atoms with E-state index in [4.69, 9.17) is 9.47 Å². The smallest absolute Gasteiger partial charge is 0.330 e. The predicted molar refractivity (Wildman–Crippen MR) is 56.2 cm³/mol. The molecule has 0 atom stereocenters. The summed E-state index contributed by atoms with van der Waals surface area (Å²) < 4.78 is 9.69. The summed E-state index contributed by atoms with van der Waals surface area (Å²) in [5.74, 6) is -0.712. The highest BCUT2D eigenvalue weighted by Gasteiger charge is 2.07. The molecular formula is C11H18O4. The summed E-state index contributed by atoms with van der Waals surface area (Å²) in [6.45, 7) is 7.56. The molecule has 0 fully saturated rings. The molecule has 0 saturated heterocycles. The number of unbranched alkanes of at least 4 members (excludes halogenated alkanes) is 1. The molecule has 0 N–H and O–H groups in total. The van der Waals surface area contributed by atoms with Crippen molar-refractivity contribution < 1.29 is 19.1 Å². The van der Waals surface area contributed by atoms with Gasteiger partial charge in [0.05, 0.1) is 19.1 Å². The van der Waals surface area contributed by atoms with Crippen molar-refractivity contribution in [2.75, 3.05) is 13.2 Å². The number of hydrogen-bond donors (Lipinski definition) is 0. The summed E-state index contributed by atoms with van der Waals surface area (Å²) in [7, 11) is 0. The SMILES string of the molecule is C=CC(=O)OCCCCOC(=O)C(C)C. The molecule has 0 aliphatic carbocycles. The number of ether oxygens (including phenoxy) is 2. The van der Waals surface area contributed by atoms with Crippen LogP contribution in [-0.2, 0) is 19.1 Å². The van der Waals surface area contributed by atoms with Crippen LogP contribution < -0.4 is 0 Å². The monoisotopic (exact) mass is 214 g/mol. The van der Waals surface area contributed by atoms with E-state index in [1.807, 2.05) is 0 Å². The van der Waals surface area contributed by atoms with Crippen molar-refractivity contribution in [1.29, 1.82) is 0 Å². The Morgan fingerprint density at radius 1 is 1.20 bits per heavy atom. The second-order valence-electron chi connectivity index (χ2n) is 3.40. The van der Waals surface area contributed by atoms with Crippen LogP contribution in [0.5, 0.6) is 0 Å². The summed E-state index contributed by atoms with van der Waals surface area (Å²) in [4.78, 5) is 21.6. The van der Waals surface area contributed by atoms with Crippen molar-refractivity contribution in [3.05, 3.63) is 12.7 Å². The Labute approximate surface area is 90.2 Å². The second-order valence-corrected chi connectivity index (χ2v) is 3.40. The van der Waals surface area contributed by atoms with Gasteiger partial charge in [-0.25, -0.2) is 4.79 Å². The largest absolute Gasteiger partial charge is 0.465 e. The number of carbonyl (C=O) groups is 2. The molecule has 0 spiro atoms. The van der Waals surface area contributed by atoms with Crippen molar-refractivity contribution in [2.45, 2.75) is 26.7 Å². The quantitative estimate of drug-likeness (QED) is 0.367. The average Bonchev–Trinajstić information content (AvgIpc) is 2.22. The van der Waals surface area contributed by atoms with Gasteiger partial charge >= 0.3 is 11.9 Å². The van der Waals surface area contributed by atoms with Gasteiger partial charge in [-0.15, -0.1) is 0 Å². The minimum absolute atomic E-state index is 0.0939. The maximum Gasteiger partial charge on any atom is 0.330 e. The summed E-state index contributed by atoms with van der Waals surface area (Å²) in [6, 6.07) is 0. The number of esters is 2. The molecule has 0 rings (SSSR count). The molecule has 4 heteroatoms. The first-order chi connectivity index (χ1) is 7.07. The van der Waals surface area contributed by atoms with Crippen LogP contribution in [0.2, 0.25) is 0 Å². The topological polar surface area (TPSA) is 52.6 Å². The van der Waals surface area contributed by atoms with Gasteiger partial charge in [0.15, 0.2) is 0 Å². The zero-order valence-corrected chi connectivity index (χ0v) is 9.32. The number of carbonyl (C=O) groups excluding carboxylic acids is 2. The highest BCUT2D eigenvalue weighted by molar-refractivity contribution is 5.81. The van der Waals surface area contributed by atoms with Crippen molar-refractivity contribution in [1.82, 2.24) is 0 Å². The molecule has 15 heavy (non-hydrogen) atoms. The van der Waals surface area contributed by atoms with E-state index in [1.54, 1.807) is 13.8 Å². The Bertz CT molecular complexity index is 221. The summed E-state index contributed by atoms with van der Waals surface area (Å²) in [5.41, 5.74) is 0. The molecule has 0 aromatic carbocycles. The van der Waals surface area contributed by atoms with Crippen molar-refractivity contribution in [3.63, 3.8) is 0 Å². The molecule has 4 nitrogen and oxygen atoms in total. The van der Waals surface area contributed by atoms with E-state index in [-0.39, 0.29) is 11.9 Å². The van der Waals surface area contributed by atoms with Gasteiger partial charge in [-0.2, -0.15) is 0 Å². The second kappa shape index (κ2) is 8.03. The lowest BCUT2D eigenvalue weighted by molar-refractivity contribution is -0.148. The van der Waals surface area contributed by atoms with Gasteiger partial charge in [-0.05, 0) is 12.8 Å². The summed E-state index contributed by atoms with van der Waals surface area (Å²) in [5, 5.41) is 0. The highest BCUT2D eigenvalue weighted by Crippen LogP contribution is 1.98. The Morgan fingerprint density at radius 3 is 2.20 bits per heavy atom. The Hall–Kier alpha value is -1.32. The van der Waals surface area contributed by atoms with E-state index < -0.39 is 5.97 Å². The minimum Gasteiger partial charge on any atom is -0.465 e. The van der Waals surface area contributed by atoms with Gasteiger partial charge in [0, 0.05) is 6.08 Å². The molecule has 86 valence electrons. The third-order valence-corrected chi connectivity index (χ3v) is 1.67. The molecule has 0 saturated carbocycles. The van der Waals surface area contributed by atoms with E-state index in [0.717, 1.165) is 6.08 Å². The molecule has 0 aliphatic rings. The van der Waals surface area contributed by atoms with Crippen LogP contribution in [0.3, 0.4) is 0 Å².